The number of carbonyl (C=O) groups excluding carboxylic acids is 3. The second kappa shape index (κ2) is 7.64. The van der Waals surface area contributed by atoms with Crippen molar-refractivity contribution in [1.82, 2.24) is 4.90 Å². The first-order valence-electron chi connectivity index (χ1n) is 9.09. The lowest BCUT2D eigenvalue weighted by atomic mass is 9.94. The van der Waals surface area contributed by atoms with E-state index in [-0.39, 0.29) is 41.9 Å². The molecule has 0 aliphatic carbocycles. The van der Waals surface area contributed by atoms with Crippen LogP contribution in [0.25, 0.3) is 10.8 Å². The number of amides is 3. The van der Waals surface area contributed by atoms with Crippen LogP contribution in [0.15, 0.2) is 54.6 Å². The van der Waals surface area contributed by atoms with Crippen molar-refractivity contribution in [3.63, 3.8) is 0 Å². The predicted octanol–water partition coefficient (Wildman–Crippen LogP) is 4.65. The molecule has 0 unspecified atom stereocenters. The molecule has 0 atom stereocenters. The van der Waals surface area contributed by atoms with Crippen molar-refractivity contribution >= 4 is 45.8 Å². The molecular weight excluding hydrogens is 395 g/mol. The van der Waals surface area contributed by atoms with Gasteiger partial charge in [-0.3, -0.25) is 19.3 Å². The molecule has 146 valence electrons. The van der Waals surface area contributed by atoms with Gasteiger partial charge >= 0.3 is 0 Å². The van der Waals surface area contributed by atoms with Crippen molar-refractivity contribution < 1.29 is 18.8 Å². The number of nitrogens with zero attached hydrogens (tertiary/aromatic N) is 1. The number of rotatable bonds is 5. The maximum Gasteiger partial charge on any atom is 0.261 e. The number of carbonyl (C=O) groups is 3. The van der Waals surface area contributed by atoms with E-state index >= 15 is 0 Å². The van der Waals surface area contributed by atoms with Gasteiger partial charge in [-0.1, -0.05) is 41.9 Å². The monoisotopic (exact) mass is 410 g/mol. The smallest absolute Gasteiger partial charge is 0.261 e. The van der Waals surface area contributed by atoms with Crippen LogP contribution in [0.1, 0.15) is 33.6 Å². The van der Waals surface area contributed by atoms with Gasteiger partial charge in [0.05, 0.1) is 10.7 Å². The Kier molecular flexibility index (Phi) is 5.03. The Balaban J connectivity index is 1.44. The molecule has 0 fully saturated rings. The van der Waals surface area contributed by atoms with E-state index in [0.717, 1.165) is 10.3 Å². The number of anilines is 1. The zero-order valence-electron chi connectivity index (χ0n) is 15.2. The lowest BCUT2D eigenvalue weighted by molar-refractivity contribution is -0.116. The fourth-order valence-electron chi connectivity index (χ4n) is 3.49. The van der Waals surface area contributed by atoms with Gasteiger partial charge in [-0.05, 0) is 36.1 Å². The van der Waals surface area contributed by atoms with E-state index in [1.54, 1.807) is 24.3 Å². The van der Waals surface area contributed by atoms with Crippen LogP contribution in [0, 0.1) is 5.82 Å². The molecule has 1 aliphatic heterocycles. The van der Waals surface area contributed by atoms with Gasteiger partial charge < -0.3 is 5.32 Å². The Hall–Kier alpha value is -3.25. The molecule has 3 aromatic rings. The standard InChI is InChI=1S/C22H16ClFN2O3/c23-16-9-3-10-17(20(16)24)25-18(27)11-4-12-26-21(28)14-7-1-5-13-6-2-8-15(19(13)14)22(26)29/h1-3,5-10H,4,11-12H2,(H,25,27). The average Bonchev–Trinajstić information content (AvgIpc) is 2.72. The Bertz CT molecular complexity index is 1110. The normalized spacial score (nSPS) is 13.1. The Morgan fingerprint density at radius 1 is 0.966 bits per heavy atom. The van der Waals surface area contributed by atoms with E-state index in [1.807, 2.05) is 12.1 Å². The van der Waals surface area contributed by atoms with Crippen molar-refractivity contribution in [2.45, 2.75) is 12.8 Å². The third-order valence-corrected chi connectivity index (χ3v) is 5.16. The largest absolute Gasteiger partial charge is 0.324 e. The summed E-state index contributed by atoms with van der Waals surface area (Å²) in [6.07, 6.45) is 0.276. The lowest BCUT2D eigenvalue weighted by Crippen LogP contribution is -2.41. The Morgan fingerprint density at radius 2 is 1.59 bits per heavy atom. The molecule has 1 heterocycles. The Morgan fingerprint density at radius 3 is 2.24 bits per heavy atom. The molecule has 0 radical (unpaired) electrons. The summed E-state index contributed by atoms with van der Waals surface area (Å²) < 4.78 is 13.9. The first kappa shape index (κ1) is 19.1. The maximum absolute atomic E-state index is 13.9. The van der Waals surface area contributed by atoms with Crippen molar-refractivity contribution in [3.8, 4) is 0 Å². The minimum absolute atomic E-state index is 0.00627. The molecule has 0 spiro atoms. The second-order valence-corrected chi connectivity index (χ2v) is 7.13. The molecule has 7 heteroatoms. The molecule has 0 saturated carbocycles. The molecule has 5 nitrogen and oxygen atoms in total. The zero-order chi connectivity index (χ0) is 20.5. The number of benzene rings is 3. The number of hydrogen-bond acceptors (Lipinski definition) is 3. The van der Waals surface area contributed by atoms with Crippen LogP contribution in [0.2, 0.25) is 5.02 Å². The molecular formula is C22H16ClFN2O3. The second-order valence-electron chi connectivity index (χ2n) is 6.72. The first-order valence-corrected chi connectivity index (χ1v) is 9.47. The highest BCUT2D eigenvalue weighted by Gasteiger charge is 2.32. The summed E-state index contributed by atoms with van der Waals surface area (Å²) in [6.45, 7) is 0.0911. The number of hydrogen-bond donors (Lipinski definition) is 1. The summed E-state index contributed by atoms with van der Waals surface area (Å²) in [5.41, 5.74) is 0.944. The molecule has 29 heavy (non-hydrogen) atoms. The van der Waals surface area contributed by atoms with Crippen molar-refractivity contribution in [1.29, 1.82) is 0 Å². The fourth-order valence-corrected chi connectivity index (χ4v) is 3.67. The highest BCUT2D eigenvalue weighted by molar-refractivity contribution is 6.31. The number of imide groups is 1. The van der Waals surface area contributed by atoms with E-state index in [1.165, 1.54) is 18.2 Å². The highest BCUT2D eigenvalue weighted by atomic mass is 35.5. The topological polar surface area (TPSA) is 66.5 Å². The zero-order valence-corrected chi connectivity index (χ0v) is 16.0. The lowest BCUT2D eigenvalue weighted by Gasteiger charge is -2.27. The van der Waals surface area contributed by atoms with Crippen molar-refractivity contribution in [2.75, 3.05) is 11.9 Å². The molecule has 1 N–H and O–H groups in total. The van der Waals surface area contributed by atoms with E-state index in [0.29, 0.717) is 16.5 Å². The summed E-state index contributed by atoms with van der Waals surface area (Å²) in [5, 5.41) is 3.87. The van der Waals surface area contributed by atoms with Gasteiger partial charge in [0.1, 0.15) is 0 Å². The van der Waals surface area contributed by atoms with E-state index in [9.17, 15) is 18.8 Å². The van der Waals surface area contributed by atoms with Gasteiger partial charge in [0.15, 0.2) is 5.82 Å². The van der Waals surface area contributed by atoms with E-state index < -0.39 is 11.7 Å². The van der Waals surface area contributed by atoms with Gasteiger partial charge in [-0.25, -0.2) is 4.39 Å². The average molecular weight is 411 g/mol. The molecule has 3 amide bonds. The first-order chi connectivity index (χ1) is 14.0. The molecule has 1 aliphatic rings. The van der Waals surface area contributed by atoms with Crippen LogP contribution >= 0.6 is 11.6 Å². The van der Waals surface area contributed by atoms with Gasteiger partial charge in [-0.2, -0.15) is 0 Å². The van der Waals surface area contributed by atoms with E-state index in [2.05, 4.69) is 5.32 Å². The Labute approximate surface area is 171 Å². The third-order valence-electron chi connectivity index (χ3n) is 4.87. The molecule has 0 bridgehead atoms. The minimum Gasteiger partial charge on any atom is -0.324 e. The summed E-state index contributed by atoms with van der Waals surface area (Å²) in [4.78, 5) is 38.9. The van der Waals surface area contributed by atoms with Crippen LogP contribution in [0.5, 0.6) is 0 Å². The van der Waals surface area contributed by atoms with Crippen molar-refractivity contribution in [2.24, 2.45) is 0 Å². The number of nitrogens with one attached hydrogen (secondary N) is 1. The van der Waals surface area contributed by atoms with Gasteiger partial charge in [-0.15, -0.1) is 0 Å². The van der Waals surface area contributed by atoms with E-state index in [4.69, 9.17) is 11.6 Å². The van der Waals surface area contributed by atoms with Crippen LogP contribution in [0.4, 0.5) is 10.1 Å². The quantitative estimate of drug-likeness (QED) is 0.623. The van der Waals surface area contributed by atoms with Crippen LogP contribution in [-0.2, 0) is 4.79 Å². The summed E-state index contributed by atoms with van der Waals surface area (Å²) in [5.74, 6) is -1.87. The SMILES string of the molecule is O=C(CCCN1C(=O)c2cccc3cccc(c23)C1=O)Nc1cccc(Cl)c1F. The van der Waals surface area contributed by atoms with Crippen LogP contribution in [0.3, 0.4) is 0 Å². The summed E-state index contributed by atoms with van der Waals surface area (Å²) in [6, 6.07) is 15.0. The van der Waals surface area contributed by atoms with Crippen LogP contribution < -0.4 is 5.32 Å². The minimum atomic E-state index is -0.700. The molecule has 4 rings (SSSR count). The van der Waals surface area contributed by atoms with Gasteiger partial charge in [0.2, 0.25) is 5.91 Å². The molecule has 0 aromatic heterocycles. The van der Waals surface area contributed by atoms with Gasteiger partial charge in [0, 0.05) is 29.5 Å². The molecule has 0 saturated heterocycles. The summed E-state index contributed by atoms with van der Waals surface area (Å²) >= 11 is 5.70. The highest BCUT2D eigenvalue weighted by Crippen LogP contribution is 2.30. The fraction of sp³-hybridized carbons (Fsp3) is 0.136. The maximum atomic E-state index is 13.9. The summed E-state index contributed by atoms with van der Waals surface area (Å²) in [7, 11) is 0. The third kappa shape index (κ3) is 3.47. The number of halogens is 2. The van der Waals surface area contributed by atoms with Crippen molar-refractivity contribution in [3.05, 3.63) is 76.6 Å². The van der Waals surface area contributed by atoms with Crippen LogP contribution in [-0.4, -0.2) is 29.2 Å². The predicted molar refractivity (Wildman–Crippen MR) is 109 cm³/mol. The molecule has 3 aromatic carbocycles. The van der Waals surface area contributed by atoms with Gasteiger partial charge in [0.25, 0.3) is 11.8 Å².